The van der Waals surface area contributed by atoms with Crippen molar-refractivity contribution >= 4 is 0 Å². The van der Waals surface area contributed by atoms with Crippen LogP contribution in [0.4, 0.5) is 0 Å². The smallest absolute Gasteiger partial charge is 0.0377 e. The summed E-state index contributed by atoms with van der Waals surface area (Å²) in [6.07, 6.45) is 11.2. The highest BCUT2D eigenvalue weighted by Crippen LogP contribution is 2.13. The monoisotopic (exact) mass is 161 g/mol. The van der Waals surface area contributed by atoms with E-state index in [-0.39, 0.29) is 0 Å². The normalized spacial score (nSPS) is 17.3. The lowest BCUT2D eigenvalue weighted by molar-refractivity contribution is 0.638. The van der Waals surface area contributed by atoms with Crippen LogP contribution in [0.1, 0.15) is 20.3 Å². The molecule has 0 aromatic heterocycles. The molecule has 0 aromatic rings. The van der Waals surface area contributed by atoms with Crippen LogP contribution in [-0.2, 0) is 0 Å². The van der Waals surface area contributed by atoms with Gasteiger partial charge in [-0.25, -0.2) is 0 Å². The molecular formula is C11H15N. The molecule has 0 bridgehead atoms. The van der Waals surface area contributed by atoms with E-state index in [2.05, 4.69) is 26.6 Å². The Morgan fingerprint density at radius 3 is 2.92 bits per heavy atom. The molecule has 1 aliphatic rings. The Kier molecular flexibility index (Phi) is 2.92. The van der Waals surface area contributed by atoms with E-state index in [9.17, 15) is 0 Å². The Hall–Kier alpha value is -1.24. The first-order valence-corrected chi connectivity index (χ1v) is 4.23. The molecule has 1 aliphatic heterocycles. The Morgan fingerprint density at radius 2 is 2.33 bits per heavy atom. The Balaban J connectivity index is 2.71. The fourth-order valence-corrected chi connectivity index (χ4v) is 0.946. The van der Waals surface area contributed by atoms with E-state index in [1.807, 2.05) is 29.3 Å². The summed E-state index contributed by atoms with van der Waals surface area (Å²) in [5.41, 5.74) is 2.38. The summed E-state index contributed by atoms with van der Waals surface area (Å²) in [6, 6.07) is 0. The average molecular weight is 161 g/mol. The van der Waals surface area contributed by atoms with E-state index in [4.69, 9.17) is 0 Å². The first-order chi connectivity index (χ1) is 5.74. The van der Waals surface area contributed by atoms with Gasteiger partial charge in [0.05, 0.1) is 0 Å². The Morgan fingerprint density at radius 1 is 1.58 bits per heavy atom. The molecule has 0 fully saturated rings. The fraction of sp³-hybridized carbons (Fsp3) is 0.273. The van der Waals surface area contributed by atoms with Crippen molar-refractivity contribution in [3.05, 3.63) is 48.5 Å². The minimum absolute atomic E-state index is 1.02. The van der Waals surface area contributed by atoms with Gasteiger partial charge in [0.15, 0.2) is 0 Å². The minimum atomic E-state index is 1.02. The van der Waals surface area contributed by atoms with Gasteiger partial charge in [-0.2, -0.15) is 0 Å². The zero-order valence-electron chi connectivity index (χ0n) is 7.75. The van der Waals surface area contributed by atoms with Crippen molar-refractivity contribution in [1.29, 1.82) is 0 Å². The maximum atomic E-state index is 3.93. The number of allylic oxidation sites excluding steroid dienone is 4. The van der Waals surface area contributed by atoms with Crippen LogP contribution in [-0.4, -0.2) is 4.90 Å². The summed E-state index contributed by atoms with van der Waals surface area (Å²) < 4.78 is 0. The summed E-state index contributed by atoms with van der Waals surface area (Å²) in [4.78, 5) is 2.04. The van der Waals surface area contributed by atoms with Crippen LogP contribution in [0.15, 0.2) is 48.5 Å². The molecule has 0 aliphatic carbocycles. The molecule has 0 spiro atoms. The number of rotatable bonds is 2. The van der Waals surface area contributed by atoms with Crippen LogP contribution in [0, 0.1) is 0 Å². The molecule has 0 atom stereocenters. The molecular weight excluding hydrogens is 146 g/mol. The summed E-state index contributed by atoms with van der Waals surface area (Å²) in [7, 11) is 0. The minimum Gasteiger partial charge on any atom is -0.325 e. The Bertz CT molecular complexity index is 256. The van der Waals surface area contributed by atoms with Crippen LogP contribution in [0.3, 0.4) is 0 Å². The topological polar surface area (TPSA) is 3.24 Å². The van der Waals surface area contributed by atoms with Gasteiger partial charge < -0.3 is 4.90 Å². The fourth-order valence-electron chi connectivity index (χ4n) is 0.946. The van der Waals surface area contributed by atoms with Crippen molar-refractivity contribution in [3.63, 3.8) is 0 Å². The first-order valence-electron chi connectivity index (χ1n) is 4.23. The van der Waals surface area contributed by atoms with Gasteiger partial charge in [0, 0.05) is 18.1 Å². The van der Waals surface area contributed by atoms with E-state index < -0.39 is 0 Å². The van der Waals surface area contributed by atoms with Crippen molar-refractivity contribution in [2.45, 2.75) is 20.3 Å². The lowest BCUT2D eigenvalue weighted by atomic mass is 10.2. The molecule has 0 aromatic carbocycles. The largest absolute Gasteiger partial charge is 0.325 e. The van der Waals surface area contributed by atoms with Gasteiger partial charge in [-0.3, -0.25) is 0 Å². The van der Waals surface area contributed by atoms with E-state index in [0.717, 1.165) is 12.1 Å². The zero-order chi connectivity index (χ0) is 8.97. The summed E-state index contributed by atoms with van der Waals surface area (Å²) in [6.45, 7) is 8.20. The van der Waals surface area contributed by atoms with Gasteiger partial charge in [0.1, 0.15) is 0 Å². The third kappa shape index (κ3) is 2.12. The van der Waals surface area contributed by atoms with E-state index in [0.29, 0.717) is 0 Å². The first kappa shape index (κ1) is 8.85. The SMILES string of the molecule is C=C1C=CC=CN1/C=C(\C)CC. The van der Waals surface area contributed by atoms with Gasteiger partial charge >= 0.3 is 0 Å². The molecule has 0 saturated heterocycles. The van der Waals surface area contributed by atoms with E-state index in [1.165, 1.54) is 5.57 Å². The molecule has 0 unspecified atom stereocenters. The molecule has 0 amide bonds. The standard InChI is InChI=1S/C11H15N/c1-4-10(2)9-12-8-6-5-7-11(12)3/h5-9H,3-4H2,1-2H3/b10-9+. The molecule has 1 heteroatoms. The van der Waals surface area contributed by atoms with Crippen molar-refractivity contribution in [1.82, 2.24) is 4.90 Å². The van der Waals surface area contributed by atoms with Crippen LogP contribution < -0.4 is 0 Å². The van der Waals surface area contributed by atoms with Gasteiger partial charge in [-0.15, -0.1) is 0 Å². The molecule has 0 N–H and O–H groups in total. The van der Waals surface area contributed by atoms with Crippen molar-refractivity contribution in [2.75, 3.05) is 0 Å². The molecule has 64 valence electrons. The zero-order valence-corrected chi connectivity index (χ0v) is 7.75. The third-order valence-electron chi connectivity index (χ3n) is 1.90. The summed E-state index contributed by atoms with van der Waals surface area (Å²) in [5, 5.41) is 0. The maximum Gasteiger partial charge on any atom is 0.0377 e. The van der Waals surface area contributed by atoms with Crippen molar-refractivity contribution < 1.29 is 0 Å². The van der Waals surface area contributed by atoms with Gasteiger partial charge in [-0.1, -0.05) is 25.2 Å². The highest BCUT2D eigenvalue weighted by Gasteiger charge is 1.99. The van der Waals surface area contributed by atoms with Gasteiger partial charge in [0.25, 0.3) is 0 Å². The lowest BCUT2D eigenvalue weighted by Crippen LogP contribution is -2.08. The third-order valence-corrected chi connectivity index (χ3v) is 1.90. The molecule has 0 radical (unpaired) electrons. The second-order valence-corrected chi connectivity index (χ2v) is 2.93. The van der Waals surface area contributed by atoms with Crippen molar-refractivity contribution in [3.8, 4) is 0 Å². The number of nitrogens with zero attached hydrogens (tertiary/aromatic N) is 1. The molecule has 1 rings (SSSR count). The predicted octanol–water partition coefficient (Wildman–Crippen LogP) is 3.20. The van der Waals surface area contributed by atoms with Crippen LogP contribution in [0.25, 0.3) is 0 Å². The van der Waals surface area contributed by atoms with Gasteiger partial charge in [-0.05, 0) is 25.5 Å². The Labute approximate surface area is 74.4 Å². The summed E-state index contributed by atoms with van der Waals surface area (Å²) in [5.74, 6) is 0. The molecule has 1 nitrogen and oxygen atoms in total. The number of hydrogen-bond acceptors (Lipinski definition) is 1. The quantitative estimate of drug-likeness (QED) is 0.601. The second kappa shape index (κ2) is 3.96. The maximum absolute atomic E-state index is 3.93. The second-order valence-electron chi connectivity index (χ2n) is 2.93. The number of hydrogen-bond donors (Lipinski definition) is 0. The van der Waals surface area contributed by atoms with E-state index >= 15 is 0 Å². The molecule has 0 saturated carbocycles. The molecule has 12 heavy (non-hydrogen) atoms. The molecule has 1 heterocycles. The summed E-state index contributed by atoms with van der Waals surface area (Å²) >= 11 is 0. The average Bonchev–Trinajstić information content (AvgIpc) is 2.09. The van der Waals surface area contributed by atoms with Crippen LogP contribution in [0.2, 0.25) is 0 Å². The van der Waals surface area contributed by atoms with Gasteiger partial charge in [0.2, 0.25) is 0 Å². The lowest BCUT2D eigenvalue weighted by Gasteiger charge is -2.18. The van der Waals surface area contributed by atoms with Crippen molar-refractivity contribution in [2.24, 2.45) is 0 Å². The van der Waals surface area contributed by atoms with Crippen LogP contribution >= 0.6 is 0 Å². The highest BCUT2D eigenvalue weighted by molar-refractivity contribution is 5.28. The van der Waals surface area contributed by atoms with Crippen LogP contribution in [0.5, 0.6) is 0 Å². The van der Waals surface area contributed by atoms with E-state index in [1.54, 1.807) is 0 Å². The predicted molar refractivity (Wildman–Crippen MR) is 53.3 cm³/mol. The highest BCUT2D eigenvalue weighted by atomic mass is 15.1.